The summed E-state index contributed by atoms with van der Waals surface area (Å²) in [4.78, 5) is 73.2. The molecule has 0 saturated carbocycles. The Morgan fingerprint density at radius 1 is 0.274 bits per heavy atom. The maximum Gasteiger partial charge on any atom is 0.472 e. The molecule has 0 aromatic carbocycles. The van der Waals surface area contributed by atoms with Gasteiger partial charge in [-0.2, -0.15) is 0 Å². The molecule has 0 radical (unpaired) electrons. The van der Waals surface area contributed by atoms with Gasteiger partial charge >= 0.3 is 39.5 Å². The molecule has 0 aromatic rings. The molecule has 0 spiro atoms. The lowest BCUT2D eigenvalue weighted by atomic mass is 9.99. The maximum atomic E-state index is 13.2. The van der Waals surface area contributed by atoms with Gasteiger partial charge in [0.05, 0.1) is 26.4 Å². The molecule has 0 bridgehead atoms. The minimum absolute atomic E-state index is 0.108. The fourth-order valence-electron chi connectivity index (χ4n) is 13.6. The van der Waals surface area contributed by atoms with E-state index in [4.69, 9.17) is 37.0 Å². The lowest BCUT2D eigenvalue weighted by Gasteiger charge is -2.21. The van der Waals surface area contributed by atoms with Crippen LogP contribution in [0.5, 0.6) is 0 Å². The Morgan fingerprint density at radius 3 is 0.717 bits per heavy atom. The number of aliphatic hydroxyl groups excluding tert-OH is 1. The average Bonchev–Trinajstić information content (AvgIpc) is 0.902. The van der Waals surface area contributed by atoms with Gasteiger partial charge < -0.3 is 33.8 Å². The SMILES string of the molecule is CCCCCCCCCCCCCCCCCCCCC(=O)OC[C@H](COP(=O)(O)OC[C@@H](O)COP(=O)(O)OC[C@@H](COC(=O)CCCCCCCCC(C)C)OC(=O)CCCCCCCCCCCCCCCCCCC)OC(=O)CCCCCCCCCCCCCCCCCCCCC(C)CC. The fraction of sp³-hybridized carbons (Fsp3) is 0.954. The number of carbonyl (C=O) groups excluding carboxylic acids is 4. The van der Waals surface area contributed by atoms with Crippen LogP contribution in [-0.2, 0) is 65.4 Å². The number of esters is 4. The van der Waals surface area contributed by atoms with Crippen LogP contribution in [0.2, 0.25) is 0 Å². The number of unbranched alkanes of at least 4 members (excludes halogenated alkanes) is 55. The molecular weight excluding hydrogens is 1380 g/mol. The Balaban J connectivity index is 5.20. The molecule has 0 amide bonds. The zero-order valence-corrected chi connectivity index (χ0v) is 71.5. The third-order valence-corrected chi connectivity index (χ3v) is 22.7. The molecule has 6 atom stereocenters. The first kappa shape index (κ1) is 104. The van der Waals surface area contributed by atoms with Gasteiger partial charge in [-0.25, -0.2) is 9.13 Å². The van der Waals surface area contributed by atoms with Gasteiger partial charge in [0.2, 0.25) is 0 Å². The van der Waals surface area contributed by atoms with Crippen LogP contribution in [0.25, 0.3) is 0 Å². The molecule has 630 valence electrons. The molecule has 0 aliphatic rings. The highest BCUT2D eigenvalue weighted by molar-refractivity contribution is 7.47. The summed E-state index contributed by atoms with van der Waals surface area (Å²) in [5, 5.41) is 10.7. The van der Waals surface area contributed by atoms with Crippen molar-refractivity contribution < 1.29 is 80.2 Å². The van der Waals surface area contributed by atoms with Gasteiger partial charge in [-0.15, -0.1) is 0 Å². The van der Waals surface area contributed by atoms with Crippen molar-refractivity contribution in [3.8, 4) is 0 Å². The molecule has 0 aromatic heterocycles. The van der Waals surface area contributed by atoms with Crippen molar-refractivity contribution in [1.82, 2.24) is 0 Å². The Kier molecular flexibility index (Phi) is 76.9. The van der Waals surface area contributed by atoms with E-state index in [0.717, 1.165) is 102 Å². The second-order valence-electron chi connectivity index (χ2n) is 32.0. The molecule has 0 aliphatic heterocycles. The lowest BCUT2D eigenvalue weighted by Crippen LogP contribution is -2.30. The topological polar surface area (TPSA) is 237 Å². The first-order valence-corrected chi connectivity index (χ1v) is 48.0. The highest BCUT2D eigenvalue weighted by Crippen LogP contribution is 2.45. The zero-order valence-electron chi connectivity index (χ0n) is 69.7. The number of ether oxygens (including phenoxy) is 4. The quantitative estimate of drug-likeness (QED) is 0.0222. The minimum atomic E-state index is -4.97. The van der Waals surface area contributed by atoms with Crippen molar-refractivity contribution in [3.05, 3.63) is 0 Å². The van der Waals surface area contributed by atoms with Gasteiger partial charge in [-0.1, -0.05) is 414 Å². The Labute approximate surface area is 651 Å². The van der Waals surface area contributed by atoms with Crippen LogP contribution in [0.3, 0.4) is 0 Å². The van der Waals surface area contributed by atoms with Crippen LogP contribution < -0.4 is 0 Å². The van der Waals surface area contributed by atoms with E-state index < -0.39 is 97.5 Å². The van der Waals surface area contributed by atoms with Gasteiger partial charge in [0.1, 0.15) is 19.3 Å². The predicted molar refractivity (Wildman–Crippen MR) is 437 cm³/mol. The highest BCUT2D eigenvalue weighted by Gasteiger charge is 2.30. The summed E-state index contributed by atoms with van der Waals surface area (Å²) in [5.41, 5.74) is 0. The standard InChI is InChI=1S/C87H170O17P2/c1-7-10-12-14-16-18-20-22-24-26-31-34-38-42-46-50-57-63-69-84(89)97-75-82(103-86(91)71-65-60-52-48-44-40-36-32-28-27-30-33-37-41-45-49-56-62-68-80(6)9-3)77-101-105(93,94)99-73-81(88)74-100-106(95,96)102-78-83(76-98-85(90)70-64-58-54-53-55-61-67-79(4)5)104-87(92)72-66-59-51-47-43-39-35-29-25-23-21-19-17-15-13-11-8-2/h79-83,88H,7-78H2,1-6H3,(H,93,94)(H,95,96)/t80?,81-,82-,83-/m1/s1. The summed E-state index contributed by atoms with van der Waals surface area (Å²) < 4.78 is 68.9. The van der Waals surface area contributed by atoms with E-state index in [1.807, 2.05) is 0 Å². The summed E-state index contributed by atoms with van der Waals surface area (Å²) in [5.74, 6) is -0.552. The van der Waals surface area contributed by atoms with Crippen molar-refractivity contribution in [2.45, 2.75) is 484 Å². The van der Waals surface area contributed by atoms with Crippen molar-refractivity contribution in [2.24, 2.45) is 11.8 Å². The van der Waals surface area contributed by atoms with E-state index in [0.29, 0.717) is 31.6 Å². The Hall–Kier alpha value is -1.94. The summed E-state index contributed by atoms with van der Waals surface area (Å²) in [6.07, 6.45) is 71.0. The van der Waals surface area contributed by atoms with Gasteiger partial charge in [0.15, 0.2) is 12.2 Å². The Bertz CT molecular complexity index is 2030. The molecular formula is C87H170O17P2. The second kappa shape index (κ2) is 78.3. The van der Waals surface area contributed by atoms with E-state index in [1.54, 1.807) is 0 Å². The minimum Gasteiger partial charge on any atom is -0.462 e. The molecule has 17 nitrogen and oxygen atoms in total. The van der Waals surface area contributed by atoms with Crippen LogP contribution >= 0.6 is 15.6 Å². The van der Waals surface area contributed by atoms with E-state index in [2.05, 4.69) is 41.5 Å². The summed E-state index contributed by atoms with van der Waals surface area (Å²) in [6, 6.07) is 0. The Morgan fingerprint density at radius 2 is 0.481 bits per heavy atom. The molecule has 0 saturated heterocycles. The van der Waals surface area contributed by atoms with Gasteiger partial charge in [-0.05, 0) is 37.5 Å². The average molecular weight is 1550 g/mol. The summed E-state index contributed by atoms with van der Waals surface area (Å²) in [7, 11) is -9.93. The fourth-order valence-corrected chi connectivity index (χ4v) is 15.1. The molecule has 0 aliphatic carbocycles. The van der Waals surface area contributed by atoms with Crippen LogP contribution in [0.1, 0.15) is 465 Å². The molecule has 106 heavy (non-hydrogen) atoms. The van der Waals surface area contributed by atoms with Crippen molar-refractivity contribution in [1.29, 1.82) is 0 Å². The van der Waals surface area contributed by atoms with Crippen LogP contribution in [0.15, 0.2) is 0 Å². The first-order valence-electron chi connectivity index (χ1n) is 45.0. The normalized spacial score (nSPS) is 14.1. The van der Waals surface area contributed by atoms with E-state index in [9.17, 15) is 43.2 Å². The molecule has 0 heterocycles. The monoisotopic (exact) mass is 1550 g/mol. The maximum absolute atomic E-state index is 13.2. The van der Waals surface area contributed by atoms with E-state index >= 15 is 0 Å². The van der Waals surface area contributed by atoms with Crippen molar-refractivity contribution >= 4 is 39.5 Å². The highest BCUT2D eigenvalue weighted by atomic mass is 31.2. The number of phosphoric acid groups is 2. The third kappa shape index (κ3) is 78.7. The largest absolute Gasteiger partial charge is 0.472 e. The molecule has 3 N–H and O–H groups in total. The summed E-state index contributed by atoms with van der Waals surface area (Å²) >= 11 is 0. The number of hydrogen-bond donors (Lipinski definition) is 3. The second-order valence-corrected chi connectivity index (χ2v) is 34.9. The summed E-state index contributed by atoms with van der Waals surface area (Å²) in [6.45, 7) is 9.66. The van der Waals surface area contributed by atoms with Gasteiger partial charge in [0.25, 0.3) is 0 Å². The number of aliphatic hydroxyl groups is 1. The van der Waals surface area contributed by atoms with E-state index in [1.165, 1.54) is 276 Å². The van der Waals surface area contributed by atoms with E-state index in [-0.39, 0.29) is 25.7 Å². The van der Waals surface area contributed by atoms with Gasteiger partial charge in [0, 0.05) is 25.7 Å². The number of phosphoric ester groups is 2. The van der Waals surface area contributed by atoms with Crippen LogP contribution in [0, 0.1) is 11.8 Å². The molecule has 0 fully saturated rings. The number of carbonyl (C=O) groups is 4. The van der Waals surface area contributed by atoms with Crippen molar-refractivity contribution in [2.75, 3.05) is 39.6 Å². The number of rotatable bonds is 86. The molecule has 0 rings (SSSR count). The molecule has 19 heteroatoms. The third-order valence-electron chi connectivity index (χ3n) is 20.8. The lowest BCUT2D eigenvalue weighted by molar-refractivity contribution is -0.161. The van der Waals surface area contributed by atoms with Crippen molar-refractivity contribution in [3.63, 3.8) is 0 Å². The van der Waals surface area contributed by atoms with Crippen LogP contribution in [0.4, 0.5) is 0 Å². The predicted octanol–water partition coefficient (Wildman–Crippen LogP) is 26.6. The zero-order chi connectivity index (χ0) is 77.8. The smallest absolute Gasteiger partial charge is 0.462 e. The molecule has 3 unspecified atom stereocenters. The van der Waals surface area contributed by atoms with Gasteiger partial charge in [-0.3, -0.25) is 37.3 Å². The number of hydrogen-bond acceptors (Lipinski definition) is 15. The first-order chi connectivity index (χ1) is 51.4. The van der Waals surface area contributed by atoms with Crippen LogP contribution in [-0.4, -0.2) is 96.7 Å².